The standard InChI is InChI=1S/C23H31NO2/c1-2-3-17-4-8-19(9-5-17)20-10-12-21(13-11-20)23(25)26-22-14-6-18(16-24)7-15-22/h6-7,14-15,17,19-21H,2-5,8-13H2,1H3. The Labute approximate surface area is 157 Å². The molecule has 3 nitrogen and oxygen atoms in total. The third-order valence-corrected chi connectivity index (χ3v) is 6.56. The van der Waals surface area contributed by atoms with Gasteiger partial charge in [-0.05, 0) is 80.5 Å². The number of ether oxygens (including phenoxy) is 1. The molecule has 1 aromatic carbocycles. The third kappa shape index (κ3) is 4.87. The van der Waals surface area contributed by atoms with E-state index in [1.807, 2.05) is 0 Å². The van der Waals surface area contributed by atoms with Crippen LogP contribution in [0.5, 0.6) is 5.75 Å². The van der Waals surface area contributed by atoms with Crippen molar-refractivity contribution in [1.82, 2.24) is 0 Å². The molecule has 0 heterocycles. The lowest BCUT2D eigenvalue weighted by atomic mass is 9.69. The maximum atomic E-state index is 12.4. The molecule has 2 aliphatic carbocycles. The molecule has 2 aliphatic rings. The van der Waals surface area contributed by atoms with Crippen LogP contribution in [0.2, 0.25) is 0 Å². The molecule has 1 aromatic rings. The van der Waals surface area contributed by atoms with Crippen LogP contribution >= 0.6 is 0 Å². The molecule has 0 radical (unpaired) electrons. The molecule has 26 heavy (non-hydrogen) atoms. The minimum Gasteiger partial charge on any atom is -0.426 e. The molecule has 0 amide bonds. The Morgan fingerprint density at radius 1 is 1.00 bits per heavy atom. The van der Waals surface area contributed by atoms with E-state index < -0.39 is 0 Å². The summed E-state index contributed by atoms with van der Waals surface area (Å²) in [5, 5.41) is 8.83. The van der Waals surface area contributed by atoms with Crippen LogP contribution < -0.4 is 4.74 Å². The minimum absolute atomic E-state index is 0.0401. The van der Waals surface area contributed by atoms with Gasteiger partial charge in [0.1, 0.15) is 5.75 Å². The van der Waals surface area contributed by atoms with Gasteiger partial charge in [0, 0.05) is 0 Å². The predicted octanol–water partition coefficient (Wildman–Crippen LogP) is 5.88. The monoisotopic (exact) mass is 353 g/mol. The summed E-state index contributed by atoms with van der Waals surface area (Å²) in [5.74, 6) is 3.16. The van der Waals surface area contributed by atoms with E-state index in [0.29, 0.717) is 11.3 Å². The van der Waals surface area contributed by atoms with E-state index in [1.165, 1.54) is 51.4 Å². The van der Waals surface area contributed by atoms with Crippen LogP contribution in [-0.4, -0.2) is 5.97 Å². The van der Waals surface area contributed by atoms with Gasteiger partial charge in [-0.25, -0.2) is 0 Å². The Bertz CT molecular complexity index is 615. The summed E-state index contributed by atoms with van der Waals surface area (Å²) >= 11 is 0. The van der Waals surface area contributed by atoms with Crippen molar-refractivity contribution in [2.75, 3.05) is 0 Å². The SMILES string of the molecule is CCCC1CCC(C2CCC(C(=O)Oc3ccc(C#N)cc3)CC2)CC1. The Morgan fingerprint density at radius 2 is 1.58 bits per heavy atom. The summed E-state index contributed by atoms with van der Waals surface area (Å²) < 4.78 is 5.53. The van der Waals surface area contributed by atoms with Crippen molar-refractivity contribution in [1.29, 1.82) is 5.26 Å². The van der Waals surface area contributed by atoms with Crippen LogP contribution in [0, 0.1) is 35.0 Å². The number of hydrogen-bond acceptors (Lipinski definition) is 3. The molecule has 0 aliphatic heterocycles. The highest BCUT2D eigenvalue weighted by molar-refractivity contribution is 5.75. The molecule has 0 N–H and O–H groups in total. The fourth-order valence-electron chi connectivity index (χ4n) is 4.98. The van der Waals surface area contributed by atoms with Crippen molar-refractivity contribution >= 4 is 5.97 Å². The van der Waals surface area contributed by atoms with Crippen LogP contribution in [0.3, 0.4) is 0 Å². The average Bonchev–Trinajstić information content (AvgIpc) is 2.69. The first-order valence-corrected chi connectivity index (χ1v) is 10.4. The van der Waals surface area contributed by atoms with Gasteiger partial charge < -0.3 is 4.74 Å². The molecule has 2 fully saturated rings. The van der Waals surface area contributed by atoms with Crippen molar-refractivity contribution in [3.8, 4) is 11.8 Å². The number of carbonyl (C=O) groups is 1. The van der Waals surface area contributed by atoms with Crippen LogP contribution in [0.1, 0.15) is 76.7 Å². The Morgan fingerprint density at radius 3 is 2.12 bits per heavy atom. The Balaban J connectivity index is 1.43. The van der Waals surface area contributed by atoms with E-state index in [2.05, 4.69) is 13.0 Å². The second kappa shape index (κ2) is 9.21. The smallest absolute Gasteiger partial charge is 0.314 e. The number of rotatable bonds is 5. The number of nitrogens with zero attached hydrogens (tertiary/aromatic N) is 1. The highest BCUT2D eigenvalue weighted by Gasteiger charge is 2.33. The summed E-state index contributed by atoms with van der Waals surface area (Å²) in [6.45, 7) is 2.30. The Hall–Kier alpha value is -1.82. The maximum Gasteiger partial charge on any atom is 0.314 e. The number of nitriles is 1. The van der Waals surface area contributed by atoms with Gasteiger partial charge in [0.25, 0.3) is 0 Å². The first-order valence-electron chi connectivity index (χ1n) is 10.4. The quantitative estimate of drug-likeness (QED) is 0.491. The second-order valence-electron chi connectivity index (χ2n) is 8.24. The minimum atomic E-state index is -0.0974. The predicted molar refractivity (Wildman–Crippen MR) is 103 cm³/mol. The molecule has 0 spiro atoms. The molecular weight excluding hydrogens is 322 g/mol. The zero-order valence-corrected chi connectivity index (χ0v) is 16.0. The van der Waals surface area contributed by atoms with Gasteiger partial charge in [0.05, 0.1) is 17.6 Å². The van der Waals surface area contributed by atoms with Crippen molar-refractivity contribution in [3.63, 3.8) is 0 Å². The van der Waals surface area contributed by atoms with Crippen molar-refractivity contribution in [2.45, 2.75) is 71.1 Å². The highest BCUT2D eigenvalue weighted by atomic mass is 16.5. The maximum absolute atomic E-state index is 12.4. The molecule has 0 atom stereocenters. The van der Waals surface area contributed by atoms with Crippen LogP contribution in [-0.2, 0) is 4.79 Å². The number of benzene rings is 1. The van der Waals surface area contributed by atoms with Gasteiger partial charge in [0.15, 0.2) is 0 Å². The molecule has 0 unspecified atom stereocenters. The van der Waals surface area contributed by atoms with Gasteiger partial charge in [-0.3, -0.25) is 4.79 Å². The van der Waals surface area contributed by atoms with E-state index in [9.17, 15) is 4.79 Å². The topological polar surface area (TPSA) is 50.1 Å². The van der Waals surface area contributed by atoms with Crippen molar-refractivity contribution < 1.29 is 9.53 Å². The van der Waals surface area contributed by atoms with E-state index >= 15 is 0 Å². The van der Waals surface area contributed by atoms with Gasteiger partial charge >= 0.3 is 5.97 Å². The van der Waals surface area contributed by atoms with Crippen molar-refractivity contribution in [3.05, 3.63) is 29.8 Å². The lowest BCUT2D eigenvalue weighted by Crippen LogP contribution is -2.30. The van der Waals surface area contributed by atoms with E-state index in [0.717, 1.165) is 30.6 Å². The van der Waals surface area contributed by atoms with E-state index in [4.69, 9.17) is 10.00 Å². The lowest BCUT2D eigenvalue weighted by Gasteiger charge is -2.37. The zero-order chi connectivity index (χ0) is 18.4. The Kier molecular flexibility index (Phi) is 6.72. The number of carbonyl (C=O) groups excluding carboxylic acids is 1. The largest absolute Gasteiger partial charge is 0.426 e. The zero-order valence-electron chi connectivity index (χ0n) is 16.0. The third-order valence-electron chi connectivity index (χ3n) is 6.56. The van der Waals surface area contributed by atoms with Gasteiger partial charge in [0.2, 0.25) is 0 Å². The lowest BCUT2D eigenvalue weighted by molar-refractivity contribution is -0.140. The number of hydrogen-bond donors (Lipinski definition) is 0. The van der Waals surface area contributed by atoms with Gasteiger partial charge in [-0.2, -0.15) is 5.26 Å². The highest BCUT2D eigenvalue weighted by Crippen LogP contribution is 2.42. The molecule has 0 saturated heterocycles. The van der Waals surface area contributed by atoms with E-state index in [-0.39, 0.29) is 11.9 Å². The van der Waals surface area contributed by atoms with E-state index in [1.54, 1.807) is 24.3 Å². The normalized spacial score (nSPS) is 28.9. The average molecular weight is 354 g/mol. The second-order valence-corrected chi connectivity index (χ2v) is 8.24. The first-order chi connectivity index (χ1) is 12.7. The van der Waals surface area contributed by atoms with Crippen LogP contribution in [0.25, 0.3) is 0 Å². The molecule has 0 bridgehead atoms. The van der Waals surface area contributed by atoms with Crippen LogP contribution in [0.4, 0.5) is 0 Å². The molecule has 3 rings (SSSR count). The van der Waals surface area contributed by atoms with Gasteiger partial charge in [-0.1, -0.05) is 32.6 Å². The molecule has 140 valence electrons. The molecule has 0 aromatic heterocycles. The summed E-state index contributed by atoms with van der Waals surface area (Å²) in [6.07, 6.45) is 12.6. The number of esters is 1. The summed E-state index contributed by atoms with van der Waals surface area (Å²) in [6, 6.07) is 8.86. The first kappa shape index (κ1) is 19.0. The fraction of sp³-hybridized carbons (Fsp3) is 0.652. The van der Waals surface area contributed by atoms with Crippen molar-refractivity contribution in [2.24, 2.45) is 23.7 Å². The molecular formula is C23H31NO2. The molecule has 2 saturated carbocycles. The fourth-order valence-corrected chi connectivity index (χ4v) is 4.98. The van der Waals surface area contributed by atoms with Gasteiger partial charge in [-0.15, -0.1) is 0 Å². The summed E-state index contributed by atoms with van der Waals surface area (Å²) in [7, 11) is 0. The summed E-state index contributed by atoms with van der Waals surface area (Å²) in [5.41, 5.74) is 0.582. The molecule has 3 heteroatoms. The summed E-state index contributed by atoms with van der Waals surface area (Å²) in [4.78, 5) is 12.4. The van der Waals surface area contributed by atoms with Crippen LogP contribution in [0.15, 0.2) is 24.3 Å².